The number of anilines is 1. The van der Waals surface area contributed by atoms with Crippen molar-refractivity contribution in [2.24, 2.45) is 4.99 Å². The summed E-state index contributed by atoms with van der Waals surface area (Å²) in [6.45, 7) is 6.66. The molecule has 0 aromatic heterocycles. The molecule has 0 N–H and O–H groups in total. The first-order valence-corrected chi connectivity index (χ1v) is 4.73. The fraction of sp³-hybridized carbons (Fsp3) is 0.250. The standard InChI is InChI=1S/C12H14N2/c1-4-11-13-8-10-7-5-6-9(2)12(10)14(11)3/h4-7H,1,8H2,2-3H3. The highest BCUT2D eigenvalue weighted by molar-refractivity contribution is 6.06. The van der Waals surface area contributed by atoms with Gasteiger partial charge >= 0.3 is 0 Å². The van der Waals surface area contributed by atoms with Gasteiger partial charge in [0.2, 0.25) is 0 Å². The number of rotatable bonds is 1. The van der Waals surface area contributed by atoms with E-state index in [4.69, 9.17) is 0 Å². The van der Waals surface area contributed by atoms with E-state index in [1.54, 1.807) is 6.08 Å². The number of hydrogen-bond donors (Lipinski definition) is 0. The lowest BCUT2D eigenvalue weighted by molar-refractivity contribution is 0.996. The van der Waals surface area contributed by atoms with E-state index in [1.165, 1.54) is 16.8 Å². The van der Waals surface area contributed by atoms with Gasteiger partial charge in [0.05, 0.1) is 12.2 Å². The molecule has 0 atom stereocenters. The summed E-state index contributed by atoms with van der Waals surface area (Å²) in [5.74, 6) is 0.951. The van der Waals surface area contributed by atoms with E-state index in [2.05, 4.69) is 41.6 Å². The summed E-state index contributed by atoms with van der Waals surface area (Å²) in [5.41, 5.74) is 3.86. The molecular weight excluding hydrogens is 172 g/mol. The second-order valence-corrected chi connectivity index (χ2v) is 3.52. The molecular formula is C12H14N2. The quantitative estimate of drug-likeness (QED) is 0.658. The lowest BCUT2D eigenvalue weighted by Gasteiger charge is -2.27. The number of fused-ring (bicyclic) bond motifs is 1. The van der Waals surface area contributed by atoms with Crippen LogP contribution in [-0.2, 0) is 6.54 Å². The molecule has 0 saturated heterocycles. The molecule has 0 bridgehead atoms. The van der Waals surface area contributed by atoms with Crippen molar-refractivity contribution in [1.82, 2.24) is 0 Å². The highest BCUT2D eigenvalue weighted by atomic mass is 15.2. The summed E-state index contributed by atoms with van der Waals surface area (Å²) in [7, 11) is 2.03. The zero-order valence-corrected chi connectivity index (χ0v) is 8.62. The van der Waals surface area contributed by atoms with Crippen LogP contribution in [0.1, 0.15) is 11.1 Å². The second kappa shape index (κ2) is 3.29. The predicted molar refractivity (Wildman–Crippen MR) is 60.9 cm³/mol. The molecule has 0 radical (unpaired) electrons. The number of benzene rings is 1. The number of aryl methyl sites for hydroxylation is 1. The van der Waals surface area contributed by atoms with Crippen LogP contribution in [0, 0.1) is 6.92 Å². The Morgan fingerprint density at radius 3 is 3.00 bits per heavy atom. The van der Waals surface area contributed by atoms with E-state index < -0.39 is 0 Å². The second-order valence-electron chi connectivity index (χ2n) is 3.52. The van der Waals surface area contributed by atoms with Gasteiger partial charge in [-0.2, -0.15) is 0 Å². The van der Waals surface area contributed by atoms with Crippen LogP contribution in [0.25, 0.3) is 0 Å². The molecule has 2 rings (SSSR count). The highest BCUT2D eigenvalue weighted by Crippen LogP contribution is 2.28. The molecule has 1 aromatic carbocycles. The SMILES string of the molecule is C=CC1=NCc2cccc(C)c2N1C. The van der Waals surface area contributed by atoms with Crippen molar-refractivity contribution in [1.29, 1.82) is 0 Å². The van der Waals surface area contributed by atoms with Crippen LogP contribution in [0.4, 0.5) is 5.69 Å². The average Bonchev–Trinajstić information content (AvgIpc) is 2.18. The zero-order chi connectivity index (χ0) is 10.1. The Hall–Kier alpha value is -1.57. The van der Waals surface area contributed by atoms with Crippen LogP contribution in [0.5, 0.6) is 0 Å². The first-order chi connectivity index (χ1) is 6.74. The van der Waals surface area contributed by atoms with E-state index in [-0.39, 0.29) is 0 Å². The number of aliphatic imine (C=N–C) groups is 1. The summed E-state index contributed by atoms with van der Waals surface area (Å²) < 4.78 is 0. The fourth-order valence-electron chi connectivity index (χ4n) is 1.92. The monoisotopic (exact) mass is 186 g/mol. The molecule has 0 aliphatic carbocycles. The van der Waals surface area contributed by atoms with E-state index in [0.29, 0.717) is 0 Å². The van der Waals surface area contributed by atoms with Crippen LogP contribution in [0.15, 0.2) is 35.8 Å². The number of likely N-dealkylation sites (N-methyl/N-ethyl adjacent to an activating group) is 1. The molecule has 1 aromatic rings. The number of nitrogens with zero attached hydrogens (tertiary/aromatic N) is 2. The molecule has 0 unspecified atom stereocenters. The van der Waals surface area contributed by atoms with Gasteiger partial charge in [-0.25, -0.2) is 0 Å². The van der Waals surface area contributed by atoms with Crippen LogP contribution in [0.2, 0.25) is 0 Å². The van der Waals surface area contributed by atoms with E-state index in [1.807, 2.05) is 7.05 Å². The van der Waals surface area contributed by atoms with Crippen molar-refractivity contribution in [3.63, 3.8) is 0 Å². The smallest absolute Gasteiger partial charge is 0.127 e. The largest absolute Gasteiger partial charge is 0.329 e. The predicted octanol–water partition coefficient (Wildman–Crippen LogP) is 2.53. The summed E-state index contributed by atoms with van der Waals surface area (Å²) in [6.07, 6.45) is 1.80. The van der Waals surface area contributed by atoms with Crippen LogP contribution < -0.4 is 4.90 Å². The van der Waals surface area contributed by atoms with Crippen molar-refractivity contribution in [2.75, 3.05) is 11.9 Å². The summed E-state index contributed by atoms with van der Waals surface area (Å²) in [5, 5.41) is 0. The van der Waals surface area contributed by atoms with E-state index in [0.717, 1.165) is 12.4 Å². The minimum atomic E-state index is 0.767. The maximum Gasteiger partial charge on any atom is 0.127 e. The molecule has 1 aliphatic rings. The van der Waals surface area contributed by atoms with Gasteiger partial charge in [-0.15, -0.1) is 0 Å². The number of para-hydroxylation sites is 1. The molecule has 0 spiro atoms. The van der Waals surface area contributed by atoms with Gasteiger partial charge in [-0.05, 0) is 24.1 Å². The van der Waals surface area contributed by atoms with Gasteiger partial charge in [0.25, 0.3) is 0 Å². The van der Waals surface area contributed by atoms with E-state index >= 15 is 0 Å². The van der Waals surface area contributed by atoms with Crippen molar-refractivity contribution in [2.45, 2.75) is 13.5 Å². The van der Waals surface area contributed by atoms with Crippen LogP contribution in [0.3, 0.4) is 0 Å². The Bertz CT molecular complexity index is 405. The molecule has 0 fully saturated rings. The van der Waals surface area contributed by atoms with Crippen LogP contribution >= 0.6 is 0 Å². The van der Waals surface area contributed by atoms with Gasteiger partial charge in [0.1, 0.15) is 5.84 Å². The molecule has 1 heterocycles. The van der Waals surface area contributed by atoms with Gasteiger partial charge in [0.15, 0.2) is 0 Å². The Balaban J connectivity index is 2.54. The summed E-state index contributed by atoms with van der Waals surface area (Å²) in [6, 6.07) is 6.33. The van der Waals surface area contributed by atoms with Gasteiger partial charge in [-0.1, -0.05) is 24.8 Å². The Kier molecular flexibility index (Phi) is 2.12. The first-order valence-electron chi connectivity index (χ1n) is 4.73. The maximum atomic E-state index is 4.44. The summed E-state index contributed by atoms with van der Waals surface area (Å²) in [4.78, 5) is 6.53. The van der Waals surface area contributed by atoms with Gasteiger partial charge < -0.3 is 4.90 Å². The minimum absolute atomic E-state index is 0.767. The molecule has 1 aliphatic heterocycles. The van der Waals surface area contributed by atoms with Crippen molar-refractivity contribution in [3.8, 4) is 0 Å². The fourth-order valence-corrected chi connectivity index (χ4v) is 1.92. The maximum absolute atomic E-state index is 4.44. The van der Waals surface area contributed by atoms with Gasteiger partial charge in [-0.3, -0.25) is 4.99 Å². The number of amidine groups is 1. The van der Waals surface area contributed by atoms with Crippen molar-refractivity contribution >= 4 is 11.5 Å². The molecule has 0 saturated carbocycles. The third kappa shape index (κ3) is 1.23. The minimum Gasteiger partial charge on any atom is -0.329 e. The highest BCUT2D eigenvalue weighted by Gasteiger charge is 2.16. The lowest BCUT2D eigenvalue weighted by Crippen LogP contribution is -2.29. The number of hydrogen-bond acceptors (Lipinski definition) is 2. The lowest BCUT2D eigenvalue weighted by atomic mass is 10.1. The topological polar surface area (TPSA) is 15.6 Å². The third-order valence-corrected chi connectivity index (χ3v) is 2.59. The van der Waals surface area contributed by atoms with Gasteiger partial charge in [0, 0.05) is 7.05 Å². The normalized spacial score (nSPS) is 14.7. The third-order valence-electron chi connectivity index (χ3n) is 2.59. The average molecular weight is 186 g/mol. The zero-order valence-electron chi connectivity index (χ0n) is 8.62. The van der Waals surface area contributed by atoms with Crippen molar-refractivity contribution < 1.29 is 0 Å². The van der Waals surface area contributed by atoms with Crippen LogP contribution in [-0.4, -0.2) is 12.9 Å². The van der Waals surface area contributed by atoms with E-state index in [9.17, 15) is 0 Å². The van der Waals surface area contributed by atoms with Crippen molar-refractivity contribution in [3.05, 3.63) is 42.0 Å². The Labute approximate surface area is 84.6 Å². The Morgan fingerprint density at radius 2 is 2.29 bits per heavy atom. The molecule has 0 amide bonds. The first kappa shape index (κ1) is 9.00. The molecule has 2 nitrogen and oxygen atoms in total. The molecule has 14 heavy (non-hydrogen) atoms. The summed E-state index contributed by atoms with van der Waals surface area (Å²) >= 11 is 0. The molecule has 2 heteroatoms. The Morgan fingerprint density at radius 1 is 1.50 bits per heavy atom. The molecule has 72 valence electrons.